The third-order valence-corrected chi connectivity index (χ3v) is 3.58. The van der Waals surface area contributed by atoms with Gasteiger partial charge in [0.15, 0.2) is 5.13 Å². The summed E-state index contributed by atoms with van der Waals surface area (Å²) in [7, 11) is 0. The Labute approximate surface area is 93.9 Å². The molecule has 1 aromatic heterocycles. The first-order chi connectivity index (χ1) is 7.20. The number of nitrogens with zero attached hydrogens (tertiary/aromatic N) is 1. The van der Waals surface area contributed by atoms with Gasteiger partial charge in [-0.25, -0.2) is 4.98 Å². The van der Waals surface area contributed by atoms with E-state index in [1.54, 1.807) is 0 Å². The van der Waals surface area contributed by atoms with E-state index in [1.165, 1.54) is 24.2 Å². The summed E-state index contributed by atoms with van der Waals surface area (Å²) in [5, 5.41) is 5.68. The van der Waals surface area contributed by atoms with E-state index >= 15 is 0 Å². The number of amides is 1. The molecule has 0 bridgehead atoms. The highest BCUT2D eigenvalue weighted by Gasteiger charge is 2.26. The molecule has 1 aliphatic carbocycles. The third-order valence-electron chi connectivity index (χ3n) is 2.81. The zero-order valence-corrected chi connectivity index (χ0v) is 9.93. The SMILES string of the molecule is CC[C@@H](C)C(=O)Nc1nc(C2CC2)cs1. The molecule has 1 atom stereocenters. The molecule has 1 aromatic rings. The van der Waals surface area contributed by atoms with E-state index in [4.69, 9.17) is 0 Å². The summed E-state index contributed by atoms with van der Waals surface area (Å²) in [6.45, 7) is 3.95. The van der Waals surface area contributed by atoms with Crippen molar-refractivity contribution in [1.29, 1.82) is 0 Å². The molecule has 1 saturated carbocycles. The zero-order chi connectivity index (χ0) is 10.8. The van der Waals surface area contributed by atoms with Crippen molar-refractivity contribution in [2.45, 2.75) is 39.0 Å². The summed E-state index contributed by atoms with van der Waals surface area (Å²) in [5.74, 6) is 0.808. The minimum atomic E-state index is 0.0678. The van der Waals surface area contributed by atoms with Gasteiger partial charge in [0, 0.05) is 17.2 Å². The van der Waals surface area contributed by atoms with Crippen molar-refractivity contribution in [2.24, 2.45) is 5.92 Å². The van der Waals surface area contributed by atoms with Gasteiger partial charge in [-0.3, -0.25) is 4.79 Å². The molecule has 0 spiro atoms. The van der Waals surface area contributed by atoms with Crippen LogP contribution < -0.4 is 5.32 Å². The molecule has 4 heteroatoms. The van der Waals surface area contributed by atoms with Crippen LogP contribution in [-0.2, 0) is 4.79 Å². The fourth-order valence-corrected chi connectivity index (χ4v) is 2.12. The number of carbonyl (C=O) groups excluding carboxylic acids is 1. The van der Waals surface area contributed by atoms with Crippen molar-refractivity contribution in [3.63, 3.8) is 0 Å². The number of anilines is 1. The van der Waals surface area contributed by atoms with Crippen LogP contribution in [0.2, 0.25) is 0 Å². The summed E-state index contributed by atoms with van der Waals surface area (Å²) in [5.41, 5.74) is 1.15. The van der Waals surface area contributed by atoms with Crippen LogP contribution in [0.15, 0.2) is 5.38 Å². The minimum Gasteiger partial charge on any atom is -0.302 e. The second-order valence-electron chi connectivity index (χ2n) is 4.15. The van der Waals surface area contributed by atoms with Gasteiger partial charge in [0.2, 0.25) is 5.91 Å². The molecule has 1 fully saturated rings. The highest BCUT2D eigenvalue weighted by atomic mass is 32.1. The maximum Gasteiger partial charge on any atom is 0.228 e. The van der Waals surface area contributed by atoms with E-state index in [0.717, 1.165) is 17.2 Å². The highest BCUT2D eigenvalue weighted by Crippen LogP contribution is 2.40. The van der Waals surface area contributed by atoms with E-state index < -0.39 is 0 Å². The van der Waals surface area contributed by atoms with Gasteiger partial charge < -0.3 is 5.32 Å². The fourth-order valence-electron chi connectivity index (χ4n) is 1.32. The van der Waals surface area contributed by atoms with Crippen molar-refractivity contribution >= 4 is 22.4 Å². The van der Waals surface area contributed by atoms with Crippen molar-refractivity contribution in [3.8, 4) is 0 Å². The van der Waals surface area contributed by atoms with Crippen LogP contribution in [0.5, 0.6) is 0 Å². The van der Waals surface area contributed by atoms with Crippen LogP contribution in [0, 0.1) is 5.92 Å². The number of aromatic nitrogens is 1. The van der Waals surface area contributed by atoms with Gasteiger partial charge in [0.1, 0.15) is 0 Å². The number of thiazole rings is 1. The Kier molecular flexibility index (Phi) is 3.05. The smallest absolute Gasteiger partial charge is 0.228 e. The monoisotopic (exact) mass is 224 g/mol. The zero-order valence-electron chi connectivity index (χ0n) is 9.12. The summed E-state index contributed by atoms with van der Waals surface area (Å²) < 4.78 is 0. The Balaban J connectivity index is 1.95. The molecule has 1 amide bonds. The standard InChI is InChI=1S/C11H16N2OS/c1-3-7(2)10(14)13-11-12-9(6-15-11)8-4-5-8/h6-8H,3-5H2,1-2H3,(H,12,13,14)/t7-/m1/s1. The number of carbonyl (C=O) groups is 1. The van der Waals surface area contributed by atoms with Crippen LogP contribution in [0.1, 0.15) is 44.7 Å². The summed E-state index contributed by atoms with van der Waals surface area (Å²) in [6, 6.07) is 0. The van der Waals surface area contributed by atoms with Gasteiger partial charge in [0.25, 0.3) is 0 Å². The molecule has 1 aliphatic rings. The van der Waals surface area contributed by atoms with E-state index in [0.29, 0.717) is 5.92 Å². The van der Waals surface area contributed by atoms with E-state index in [-0.39, 0.29) is 11.8 Å². The van der Waals surface area contributed by atoms with E-state index in [9.17, 15) is 4.79 Å². The molecular formula is C11H16N2OS. The molecule has 0 aliphatic heterocycles. The largest absolute Gasteiger partial charge is 0.302 e. The Morgan fingerprint density at radius 3 is 3.07 bits per heavy atom. The maximum absolute atomic E-state index is 11.6. The molecule has 0 saturated heterocycles. The topological polar surface area (TPSA) is 42.0 Å². The molecule has 15 heavy (non-hydrogen) atoms. The number of hydrogen-bond donors (Lipinski definition) is 1. The van der Waals surface area contributed by atoms with Crippen molar-refractivity contribution in [1.82, 2.24) is 4.98 Å². The molecule has 0 radical (unpaired) electrons. The lowest BCUT2D eigenvalue weighted by Crippen LogP contribution is -2.19. The Bertz CT molecular complexity index is 357. The molecule has 3 nitrogen and oxygen atoms in total. The van der Waals surface area contributed by atoms with Crippen molar-refractivity contribution in [3.05, 3.63) is 11.1 Å². The second kappa shape index (κ2) is 4.31. The number of rotatable bonds is 4. The van der Waals surface area contributed by atoms with Crippen LogP contribution in [0.3, 0.4) is 0 Å². The first-order valence-electron chi connectivity index (χ1n) is 5.47. The second-order valence-corrected chi connectivity index (χ2v) is 5.01. The molecule has 0 aromatic carbocycles. The van der Waals surface area contributed by atoms with Gasteiger partial charge >= 0.3 is 0 Å². The third kappa shape index (κ3) is 2.56. The van der Waals surface area contributed by atoms with Crippen molar-refractivity contribution in [2.75, 3.05) is 5.32 Å². The summed E-state index contributed by atoms with van der Waals surface area (Å²) >= 11 is 1.53. The average Bonchev–Trinajstić information content (AvgIpc) is 2.99. The minimum absolute atomic E-state index is 0.0678. The Morgan fingerprint density at radius 1 is 1.73 bits per heavy atom. The van der Waals surface area contributed by atoms with Crippen LogP contribution >= 0.6 is 11.3 Å². The molecule has 0 unspecified atom stereocenters. The highest BCUT2D eigenvalue weighted by molar-refractivity contribution is 7.13. The van der Waals surface area contributed by atoms with Crippen LogP contribution in [0.25, 0.3) is 0 Å². The predicted molar refractivity (Wildman–Crippen MR) is 62.2 cm³/mol. The van der Waals surface area contributed by atoms with Gasteiger partial charge in [-0.15, -0.1) is 11.3 Å². The lowest BCUT2D eigenvalue weighted by atomic mass is 10.1. The Morgan fingerprint density at radius 2 is 2.47 bits per heavy atom. The van der Waals surface area contributed by atoms with Crippen LogP contribution in [0.4, 0.5) is 5.13 Å². The van der Waals surface area contributed by atoms with E-state index in [2.05, 4.69) is 15.7 Å². The first-order valence-corrected chi connectivity index (χ1v) is 6.35. The maximum atomic E-state index is 11.6. The Hall–Kier alpha value is -0.900. The summed E-state index contributed by atoms with van der Waals surface area (Å²) in [6.07, 6.45) is 3.37. The predicted octanol–water partition coefficient (Wildman–Crippen LogP) is 3.01. The van der Waals surface area contributed by atoms with Crippen molar-refractivity contribution < 1.29 is 4.79 Å². The molecule has 1 N–H and O–H groups in total. The van der Waals surface area contributed by atoms with Gasteiger partial charge in [-0.1, -0.05) is 13.8 Å². The lowest BCUT2D eigenvalue weighted by Gasteiger charge is -2.06. The average molecular weight is 224 g/mol. The first kappa shape index (κ1) is 10.6. The van der Waals surface area contributed by atoms with Gasteiger partial charge in [-0.05, 0) is 19.3 Å². The number of nitrogens with one attached hydrogen (secondary N) is 1. The quantitative estimate of drug-likeness (QED) is 0.854. The van der Waals surface area contributed by atoms with Gasteiger partial charge in [0.05, 0.1) is 5.69 Å². The lowest BCUT2D eigenvalue weighted by molar-refractivity contribution is -0.119. The van der Waals surface area contributed by atoms with Gasteiger partial charge in [-0.2, -0.15) is 0 Å². The molecule has 2 rings (SSSR count). The molecule has 1 heterocycles. The molecular weight excluding hydrogens is 208 g/mol. The van der Waals surface area contributed by atoms with Crippen LogP contribution in [-0.4, -0.2) is 10.9 Å². The summed E-state index contributed by atoms with van der Waals surface area (Å²) in [4.78, 5) is 16.0. The number of hydrogen-bond acceptors (Lipinski definition) is 3. The van der Waals surface area contributed by atoms with E-state index in [1.807, 2.05) is 13.8 Å². The normalized spacial score (nSPS) is 17.5. The molecule has 82 valence electrons. The fraction of sp³-hybridized carbons (Fsp3) is 0.636.